The summed E-state index contributed by atoms with van der Waals surface area (Å²) in [5.74, 6) is 0. The van der Waals surface area contributed by atoms with Gasteiger partial charge >= 0.3 is 0 Å². The summed E-state index contributed by atoms with van der Waals surface area (Å²) in [6.07, 6.45) is 0. The summed E-state index contributed by atoms with van der Waals surface area (Å²) in [6, 6.07) is 9.03. The quantitative estimate of drug-likeness (QED) is 0.880. The van der Waals surface area contributed by atoms with Gasteiger partial charge in [-0.05, 0) is 37.6 Å². The fourth-order valence-corrected chi connectivity index (χ4v) is 2.34. The van der Waals surface area contributed by atoms with E-state index >= 15 is 0 Å². The normalized spacial score (nSPS) is 11.6. The Morgan fingerprint density at radius 3 is 2.65 bits per heavy atom. The average molecular weight is 232 g/mol. The molecule has 0 amide bonds. The number of hydrogen-bond donors (Lipinski definition) is 1. The third-order valence-corrected chi connectivity index (χ3v) is 3.03. The molecule has 0 spiro atoms. The van der Waals surface area contributed by atoms with Gasteiger partial charge in [-0.1, -0.05) is 6.07 Å². The van der Waals surface area contributed by atoms with Gasteiger partial charge in [0.1, 0.15) is 0 Å². The van der Waals surface area contributed by atoms with Crippen molar-refractivity contribution >= 4 is 10.9 Å². The van der Waals surface area contributed by atoms with Crippen LogP contribution in [-0.2, 0) is 17.9 Å². The smallest absolute Gasteiger partial charge is 0.0864 e. The SMILES string of the molecule is COCc1cc2cc(CN)ccc2n1C(C)C. The molecule has 0 bridgehead atoms. The Hall–Kier alpha value is -1.32. The zero-order valence-corrected chi connectivity index (χ0v) is 10.7. The Labute approximate surface area is 102 Å². The van der Waals surface area contributed by atoms with Crippen LogP contribution in [0.15, 0.2) is 24.3 Å². The van der Waals surface area contributed by atoms with Gasteiger partial charge in [-0.15, -0.1) is 0 Å². The minimum atomic E-state index is 0.432. The van der Waals surface area contributed by atoms with Crippen LogP contribution < -0.4 is 5.73 Å². The molecule has 0 aliphatic heterocycles. The zero-order valence-electron chi connectivity index (χ0n) is 10.7. The summed E-state index contributed by atoms with van der Waals surface area (Å²) in [5, 5.41) is 1.24. The van der Waals surface area contributed by atoms with E-state index in [2.05, 4.69) is 42.7 Å². The highest BCUT2D eigenvalue weighted by Gasteiger charge is 2.11. The van der Waals surface area contributed by atoms with E-state index in [0.29, 0.717) is 19.2 Å². The minimum Gasteiger partial charge on any atom is -0.378 e. The highest BCUT2D eigenvalue weighted by molar-refractivity contribution is 5.82. The number of nitrogens with two attached hydrogens (primary N) is 1. The van der Waals surface area contributed by atoms with Crippen LogP contribution in [-0.4, -0.2) is 11.7 Å². The molecule has 0 fully saturated rings. The van der Waals surface area contributed by atoms with Gasteiger partial charge in [-0.25, -0.2) is 0 Å². The van der Waals surface area contributed by atoms with E-state index < -0.39 is 0 Å². The third-order valence-electron chi connectivity index (χ3n) is 3.03. The number of benzene rings is 1. The van der Waals surface area contributed by atoms with Crippen molar-refractivity contribution in [3.63, 3.8) is 0 Å². The van der Waals surface area contributed by atoms with Crippen LogP contribution in [0.3, 0.4) is 0 Å². The van der Waals surface area contributed by atoms with Crippen LogP contribution in [0, 0.1) is 0 Å². The predicted octanol–water partition coefficient (Wildman–Crippen LogP) is 2.83. The molecule has 3 nitrogen and oxygen atoms in total. The first-order chi connectivity index (χ1) is 8.17. The topological polar surface area (TPSA) is 40.2 Å². The second-order valence-electron chi connectivity index (χ2n) is 4.63. The lowest BCUT2D eigenvalue weighted by Gasteiger charge is -2.14. The minimum absolute atomic E-state index is 0.432. The van der Waals surface area contributed by atoms with Crippen molar-refractivity contribution in [3.8, 4) is 0 Å². The van der Waals surface area contributed by atoms with Gasteiger partial charge in [0, 0.05) is 36.3 Å². The Morgan fingerprint density at radius 1 is 1.29 bits per heavy atom. The molecule has 2 N–H and O–H groups in total. The first kappa shape index (κ1) is 12.1. The molecule has 0 aliphatic rings. The number of rotatable bonds is 4. The molecule has 1 aromatic heterocycles. The van der Waals surface area contributed by atoms with Crippen LogP contribution >= 0.6 is 0 Å². The first-order valence-electron chi connectivity index (χ1n) is 5.99. The molecule has 0 aliphatic carbocycles. The lowest BCUT2D eigenvalue weighted by atomic mass is 10.1. The largest absolute Gasteiger partial charge is 0.378 e. The van der Waals surface area contributed by atoms with Crippen molar-refractivity contribution < 1.29 is 4.74 Å². The van der Waals surface area contributed by atoms with E-state index in [1.165, 1.54) is 22.2 Å². The molecule has 0 radical (unpaired) electrons. The fourth-order valence-electron chi connectivity index (χ4n) is 2.34. The maximum absolute atomic E-state index is 5.67. The third kappa shape index (κ3) is 2.21. The van der Waals surface area contributed by atoms with E-state index in [9.17, 15) is 0 Å². The summed E-state index contributed by atoms with van der Waals surface area (Å²) in [6.45, 7) is 5.61. The number of nitrogens with zero attached hydrogens (tertiary/aromatic N) is 1. The summed E-state index contributed by atoms with van der Waals surface area (Å²) in [4.78, 5) is 0. The van der Waals surface area contributed by atoms with Crippen LogP contribution in [0.2, 0.25) is 0 Å². The van der Waals surface area contributed by atoms with Crippen LogP contribution in [0.1, 0.15) is 31.1 Å². The molecule has 92 valence electrons. The highest BCUT2D eigenvalue weighted by Crippen LogP contribution is 2.25. The van der Waals surface area contributed by atoms with Crippen LogP contribution in [0.4, 0.5) is 0 Å². The molecule has 2 aromatic rings. The first-order valence-corrected chi connectivity index (χ1v) is 5.99. The zero-order chi connectivity index (χ0) is 12.4. The molecule has 0 unspecified atom stereocenters. The molecule has 0 atom stereocenters. The van der Waals surface area contributed by atoms with E-state index in [-0.39, 0.29) is 0 Å². The van der Waals surface area contributed by atoms with E-state index in [1.54, 1.807) is 7.11 Å². The fraction of sp³-hybridized carbons (Fsp3) is 0.429. The number of ether oxygens (including phenoxy) is 1. The Kier molecular flexibility index (Phi) is 3.50. The van der Waals surface area contributed by atoms with E-state index in [1.807, 2.05) is 0 Å². The Bertz CT molecular complexity index is 514. The molecule has 3 heteroatoms. The second-order valence-corrected chi connectivity index (χ2v) is 4.63. The van der Waals surface area contributed by atoms with Crippen molar-refractivity contribution in [2.24, 2.45) is 5.73 Å². The highest BCUT2D eigenvalue weighted by atomic mass is 16.5. The van der Waals surface area contributed by atoms with Gasteiger partial charge in [0.15, 0.2) is 0 Å². The standard InChI is InChI=1S/C14H20N2O/c1-10(2)16-13(9-17-3)7-12-6-11(8-15)4-5-14(12)16/h4-7,10H,8-9,15H2,1-3H3. The molecule has 1 aromatic carbocycles. The van der Waals surface area contributed by atoms with Gasteiger partial charge < -0.3 is 15.0 Å². The van der Waals surface area contributed by atoms with Crippen LogP contribution in [0.5, 0.6) is 0 Å². The van der Waals surface area contributed by atoms with Crippen LogP contribution in [0.25, 0.3) is 10.9 Å². The molecule has 2 rings (SSSR count). The number of hydrogen-bond acceptors (Lipinski definition) is 2. The molecule has 0 saturated carbocycles. The van der Waals surface area contributed by atoms with Crippen molar-refractivity contribution in [1.82, 2.24) is 4.57 Å². The summed E-state index contributed by atoms with van der Waals surface area (Å²) in [5.41, 5.74) is 9.31. The molecule has 0 saturated heterocycles. The van der Waals surface area contributed by atoms with Crippen molar-refractivity contribution in [2.75, 3.05) is 7.11 Å². The summed E-state index contributed by atoms with van der Waals surface area (Å²) < 4.78 is 7.58. The number of methoxy groups -OCH3 is 1. The van der Waals surface area contributed by atoms with Crippen molar-refractivity contribution in [1.29, 1.82) is 0 Å². The molecular weight excluding hydrogens is 212 g/mol. The maximum atomic E-state index is 5.67. The lowest BCUT2D eigenvalue weighted by molar-refractivity contribution is 0.177. The van der Waals surface area contributed by atoms with Gasteiger partial charge in [0.25, 0.3) is 0 Å². The Morgan fingerprint density at radius 2 is 2.06 bits per heavy atom. The van der Waals surface area contributed by atoms with Gasteiger partial charge in [-0.3, -0.25) is 0 Å². The molecular formula is C14H20N2O. The van der Waals surface area contributed by atoms with E-state index in [4.69, 9.17) is 10.5 Å². The lowest BCUT2D eigenvalue weighted by Crippen LogP contribution is -2.06. The van der Waals surface area contributed by atoms with Gasteiger partial charge in [0.2, 0.25) is 0 Å². The average Bonchev–Trinajstić information content (AvgIpc) is 2.66. The summed E-state index contributed by atoms with van der Waals surface area (Å²) in [7, 11) is 1.73. The Balaban J connectivity index is 2.61. The second kappa shape index (κ2) is 4.90. The van der Waals surface area contributed by atoms with E-state index in [0.717, 1.165) is 0 Å². The monoisotopic (exact) mass is 232 g/mol. The van der Waals surface area contributed by atoms with Gasteiger partial charge in [-0.2, -0.15) is 0 Å². The summed E-state index contributed by atoms with van der Waals surface area (Å²) >= 11 is 0. The number of fused-ring (bicyclic) bond motifs is 1. The maximum Gasteiger partial charge on any atom is 0.0864 e. The number of aromatic nitrogens is 1. The van der Waals surface area contributed by atoms with Crippen molar-refractivity contribution in [3.05, 3.63) is 35.5 Å². The van der Waals surface area contributed by atoms with Gasteiger partial charge in [0.05, 0.1) is 6.61 Å². The molecule has 17 heavy (non-hydrogen) atoms. The molecule has 1 heterocycles. The predicted molar refractivity (Wildman–Crippen MR) is 70.9 cm³/mol. The van der Waals surface area contributed by atoms with Crippen molar-refractivity contribution in [2.45, 2.75) is 33.0 Å².